The maximum absolute atomic E-state index is 12.1. The number of rotatable bonds is 5. The first kappa shape index (κ1) is 13.6. The molecule has 5 nitrogen and oxygen atoms in total. The van der Waals surface area contributed by atoms with Crippen LogP contribution in [-0.4, -0.2) is 27.1 Å². The predicted octanol–water partition coefficient (Wildman–Crippen LogP) is 1.00. The molecular weight excluding hydrogens is 238 g/mol. The molecule has 17 heavy (non-hydrogen) atoms. The average Bonchev–Trinajstić information content (AvgIpc) is 2.32. The van der Waals surface area contributed by atoms with E-state index in [1.807, 2.05) is 6.92 Å². The number of aromatic nitrogens is 1. The fraction of sp³-hybridized carbons (Fsp3) is 0.455. The minimum Gasteiger partial charge on any atom is -0.409 e. The lowest BCUT2D eigenvalue weighted by molar-refractivity contribution is 0.318. The SMILES string of the molecule is CCSCCn1c(C)ccc(/C(N)=N/O)c1=O. The van der Waals surface area contributed by atoms with Crippen molar-refractivity contribution in [1.82, 2.24) is 4.57 Å². The normalized spacial score (nSPS) is 11.8. The monoisotopic (exact) mass is 255 g/mol. The van der Waals surface area contributed by atoms with Crippen molar-refractivity contribution in [3.63, 3.8) is 0 Å². The van der Waals surface area contributed by atoms with Crippen molar-refractivity contribution in [3.05, 3.63) is 33.7 Å². The van der Waals surface area contributed by atoms with E-state index in [9.17, 15) is 4.79 Å². The topological polar surface area (TPSA) is 80.6 Å². The van der Waals surface area contributed by atoms with Crippen LogP contribution < -0.4 is 11.3 Å². The van der Waals surface area contributed by atoms with E-state index >= 15 is 0 Å². The van der Waals surface area contributed by atoms with Crippen molar-refractivity contribution in [1.29, 1.82) is 0 Å². The zero-order valence-electron chi connectivity index (χ0n) is 10.0. The van der Waals surface area contributed by atoms with Gasteiger partial charge in [0.15, 0.2) is 5.84 Å². The summed E-state index contributed by atoms with van der Waals surface area (Å²) in [6.45, 7) is 4.58. The Morgan fingerprint density at radius 2 is 2.29 bits per heavy atom. The quantitative estimate of drug-likeness (QED) is 0.270. The second kappa shape index (κ2) is 6.34. The van der Waals surface area contributed by atoms with Crippen LogP contribution >= 0.6 is 11.8 Å². The van der Waals surface area contributed by atoms with Gasteiger partial charge < -0.3 is 15.5 Å². The third kappa shape index (κ3) is 3.26. The van der Waals surface area contributed by atoms with Gasteiger partial charge in [0.05, 0.1) is 5.56 Å². The maximum atomic E-state index is 12.1. The average molecular weight is 255 g/mol. The van der Waals surface area contributed by atoms with Crippen LogP contribution in [0.15, 0.2) is 22.1 Å². The first-order valence-electron chi connectivity index (χ1n) is 5.37. The Morgan fingerprint density at radius 1 is 1.59 bits per heavy atom. The third-order valence-corrected chi connectivity index (χ3v) is 3.32. The Labute approximate surface area is 104 Å². The van der Waals surface area contributed by atoms with Gasteiger partial charge in [0.1, 0.15) is 0 Å². The summed E-state index contributed by atoms with van der Waals surface area (Å²) in [6.07, 6.45) is 0. The minimum absolute atomic E-state index is 0.146. The van der Waals surface area contributed by atoms with Crippen molar-refractivity contribution in [2.75, 3.05) is 11.5 Å². The first-order chi connectivity index (χ1) is 8.11. The lowest BCUT2D eigenvalue weighted by Crippen LogP contribution is -2.31. The molecule has 1 rings (SSSR count). The van der Waals surface area contributed by atoms with Gasteiger partial charge >= 0.3 is 0 Å². The van der Waals surface area contributed by atoms with Gasteiger partial charge in [0.25, 0.3) is 5.56 Å². The molecule has 0 aliphatic rings. The summed E-state index contributed by atoms with van der Waals surface area (Å²) in [4.78, 5) is 12.1. The molecule has 0 bridgehead atoms. The smallest absolute Gasteiger partial charge is 0.261 e. The summed E-state index contributed by atoms with van der Waals surface area (Å²) in [6, 6.07) is 3.38. The number of thioether (sulfide) groups is 1. The summed E-state index contributed by atoms with van der Waals surface area (Å²) in [7, 11) is 0. The Kier molecular flexibility index (Phi) is 5.09. The lowest BCUT2D eigenvalue weighted by Gasteiger charge is -2.10. The van der Waals surface area contributed by atoms with E-state index < -0.39 is 0 Å². The van der Waals surface area contributed by atoms with Crippen LogP contribution in [0.5, 0.6) is 0 Å². The Balaban J connectivity index is 3.07. The molecule has 0 spiro atoms. The largest absolute Gasteiger partial charge is 0.409 e. The third-order valence-electron chi connectivity index (χ3n) is 2.44. The van der Waals surface area contributed by atoms with Gasteiger partial charge in [0, 0.05) is 18.0 Å². The van der Waals surface area contributed by atoms with E-state index in [2.05, 4.69) is 12.1 Å². The second-order valence-corrected chi connectivity index (χ2v) is 4.92. The van der Waals surface area contributed by atoms with Crippen LogP contribution in [0, 0.1) is 6.92 Å². The summed E-state index contributed by atoms with van der Waals surface area (Å²) < 4.78 is 1.65. The van der Waals surface area contributed by atoms with E-state index in [0.717, 1.165) is 17.2 Å². The van der Waals surface area contributed by atoms with Gasteiger partial charge in [-0.1, -0.05) is 12.1 Å². The fourth-order valence-electron chi connectivity index (χ4n) is 1.50. The summed E-state index contributed by atoms with van der Waals surface area (Å²) in [5, 5.41) is 11.5. The second-order valence-electron chi connectivity index (χ2n) is 3.53. The van der Waals surface area contributed by atoms with Gasteiger partial charge in [-0.3, -0.25) is 4.79 Å². The number of amidine groups is 1. The van der Waals surface area contributed by atoms with Crippen LogP contribution in [0.1, 0.15) is 18.2 Å². The van der Waals surface area contributed by atoms with Crippen molar-refractivity contribution in [2.24, 2.45) is 10.9 Å². The molecule has 0 saturated carbocycles. The van der Waals surface area contributed by atoms with E-state index in [0.29, 0.717) is 6.54 Å². The highest BCUT2D eigenvalue weighted by molar-refractivity contribution is 7.99. The summed E-state index contributed by atoms with van der Waals surface area (Å²) in [5.41, 5.74) is 6.35. The van der Waals surface area contributed by atoms with Crippen LogP contribution in [0.25, 0.3) is 0 Å². The van der Waals surface area contributed by atoms with Crippen LogP contribution in [0.3, 0.4) is 0 Å². The molecule has 0 atom stereocenters. The molecule has 3 N–H and O–H groups in total. The molecule has 1 aromatic rings. The van der Waals surface area contributed by atoms with E-state index in [1.165, 1.54) is 0 Å². The molecule has 0 aliphatic heterocycles. The Hall–Kier alpha value is -1.43. The van der Waals surface area contributed by atoms with Gasteiger partial charge in [-0.2, -0.15) is 11.8 Å². The maximum Gasteiger partial charge on any atom is 0.261 e. The highest BCUT2D eigenvalue weighted by Gasteiger charge is 2.09. The number of pyridine rings is 1. The molecule has 1 heterocycles. The number of nitrogens with two attached hydrogens (primary N) is 1. The lowest BCUT2D eigenvalue weighted by atomic mass is 10.2. The van der Waals surface area contributed by atoms with E-state index in [1.54, 1.807) is 28.5 Å². The Bertz CT molecular complexity index is 468. The standard InChI is InChI=1S/C11H17N3O2S/c1-3-17-7-6-14-8(2)4-5-9(11(14)15)10(12)13-16/h4-5,16H,3,6-7H2,1-2H3,(H2,12,13). The zero-order chi connectivity index (χ0) is 12.8. The number of hydrogen-bond acceptors (Lipinski definition) is 4. The van der Waals surface area contributed by atoms with Crippen molar-refractivity contribution in [2.45, 2.75) is 20.4 Å². The minimum atomic E-state index is -0.211. The number of hydrogen-bond donors (Lipinski definition) is 2. The Morgan fingerprint density at radius 3 is 2.88 bits per heavy atom. The first-order valence-corrected chi connectivity index (χ1v) is 6.53. The van der Waals surface area contributed by atoms with Crippen LogP contribution in [0.2, 0.25) is 0 Å². The van der Waals surface area contributed by atoms with E-state index in [4.69, 9.17) is 10.9 Å². The summed E-state index contributed by atoms with van der Waals surface area (Å²) >= 11 is 1.77. The predicted molar refractivity (Wildman–Crippen MR) is 70.9 cm³/mol. The summed E-state index contributed by atoms with van der Waals surface area (Å²) in [5.74, 6) is 1.75. The van der Waals surface area contributed by atoms with Gasteiger partial charge in [-0.05, 0) is 24.8 Å². The van der Waals surface area contributed by atoms with Crippen LogP contribution in [0.4, 0.5) is 0 Å². The van der Waals surface area contributed by atoms with E-state index in [-0.39, 0.29) is 17.0 Å². The molecule has 0 saturated heterocycles. The van der Waals surface area contributed by atoms with Crippen molar-refractivity contribution in [3.8, 4) is 0 Å². The molecule has 0 unspecified atom stereocenters. The molecule has 94 valence electrons. The van der Waals surface area contributed by atoms with Crippen molar-refractivity contribution < 1.29 is 5.21 Å². The zero-order valence-corrected chi connectivity index (χ0v) is 10.8. The number of oxime groups is 1. The molecule has 1 aromatic heterocycles. The number of nitrogens with zero attached hydrogens (tertiary/aromatic N) is 2. The molecule has 0 fully saturated rings. The molecule has 0 radical (unpaired) electrons. The van der Waals surface area contributed by atoms with Gasteiger partial charge in [-0.15, -0.1) is 0 Å². The highest BCUT2D eigenvalue weighted by Crippen LogP contribution is 2.03. The molecule has 6 heteroatoms. The fourth-order valence-corrected chi connectivity index (χ4v) is 2.10. The molecule has 0 amide bonds. The molecule has 0 aromatic carbocycles. The highest BCUT2D eigenvalue weighted by atomic mass is 32.2. The molecule has 0 aliphatic carbocycles. The van der Waals surface area contributed by atoms with Crippen LogP contribution in [-0.2, 0) is 6.54 Å². The van der Waals surface area contributed by atoms with Gasteiger partial charge in [0.2, 0.25) is 0 Å². The van der Waals surface area contributed by atoms with Crippen molar-refractivity contribution >= 4 is 17.6 Å². The molecular formula is C11H17N3O2S. The van der Waals surface area contributed by atoms with Gasteiger partial charge in [-0.25, -0.2) is 0 Å². The number of aryl methyl sites for hydroxylation is 1.